The zero-order chi connectivity index (χ0) is 15.2. The fourth-order valence-electron chi connectivity index (χ4n) is 1.32. The smallest absolute Gasteiger partial charge is 0.345 e. The lowest BCUT2D eigenvalue weighted by molar-refractivity contribution is 0.0702. The highest BCUT2D eigenvalue weighted by molar-refractivity contribution is 7.89. The fraction of sp³-hybridized carbons (Fsp3) is 0.583. The molecule has 1 aromatic rings. The first-order valence-corrected chi connectivity index (χ1v) is 8.58. The van der Waals surface area contributed by atoms with Gasteiger partial charge in [-0.15, -0.1) is 11.3 Å². The molecule has 0 fully saturated rings. The van der Waals surface area contributed by atoms with E-state index in [1.54, 1.807) is 0 Å². The molecule has 0 aliphatic heterocycles. The first-order chi connectivity index (χ1) is 9.33. The van der Waals surface area contributed by atoms with E-state index in [-0.39, 0.29) is 16.3 Å². The second kappa shape index (κ2) is 7.72. The number of carboxylic acids is 1. The number of nitrogens with one attached hydrogen (secondary N) is 1. The summed E-state index contributed by atoms with van der Waals surface area (Å²) in [5.41, 5.74) is 0. The van der Waals surface area contributed by atoms with E-state index >= 15 is 0 Å². The second-order valence-electron chi connectivity index (χ2n) is 4.64. The van der Waals surface area contributed by atoms with Crippen molar-refractivity contribution >= 4 is 27.3 Å². The molecule has 0 aliphatic carbocycles. The Balaban J connectivity index is 2.39. The molecule has 1 heterocycles. The van der Waals surface area contributed by atoms with Crippen LogP contribution >= 0.6 is 11.3 Å². The highest BCUT2D eigenvalue weighted by atomic mass is 32.2. The summed E-state index contributed by atoms with van der Waals surface area (Å²) in [6.07, 6.45) is 0.930. The molecule has 20 heavy (non-hydrogen) atoms. The van der Waals surface area contributed by atoms with Crippen LogP contribution in [-0.2, 0) is 14.8 Å². The molecule has 6 nitrogen and oxygen atoms in total. The van der Waals surface area contributed by atoms with Gasteiger partial charge in [-0.1, -0.05) is 13.8 Å². The van der Waals surface area contributed by atoms with Crippen molar-refractivity contribution in [2.45, 2.75) is 25.2 Å². The van der Waals surface area contributed by atoms with Crippen LogP contribution in [0.3, 0.4) is 0 Å². The van der Waals surface area contributed by atoms with Crippen LogP contribution in [0.25, 0.3) is 0 Å². The Hall–Kier alpha value is -0.960. The van der Waals surface area contributed by atoms with Crippen molar-refractivity contribution in [1.82, 2.24) is 4.72 Å². The van der Waals surface area contributed by atoms with Crippen molar-refractivity contribution in [2.24, 2.45) is 5.92 Å². The van der Waals surface area contributed by atoms with Gasteiger partial charge in [0.15, 0.2) is 0 Å². The molecule has 0 aromatic carbocycles. The van der Waals surface area contributed by atoms with Gasteiger partial charge in [0.25, 0.3) is 0 Å². The zero-order valence-corrected chi connectivity index (χ0v) is 13.1. The average molecular weight is 321 g/mol. The van der Waals surface area contributed by atoms with Gasteiger partial charge in [0.2, 0.25) is 10.0 Å². The molecule has 1 aromatic heterocycles. The van der Waals surface area contributed by atoms with Crippen LogP contribution in [0.1, 0.15) is 29.9 Å². The SMILES string of the molecule is CC(C)CCOCCNS(=O)(=O)c1csc(C(=O)O)c1. The van der Waals surface area contributed by atoms with Gasteiger partial charge in [0.1, 0.15) is 4.88 Å². The lowest BCUT2D eigenvalue weighted by Crippen LogP contribution is -2.27. The van der Waals surface area contributed by atoms with Crippen molar-refractivity contribution in [3.63, 3.8) is 0 Å². The van der Waals surface area contributed by atoms with Crippen molar-refractivity contribution in [3.8, 4) is 0 Å². The number of hydrogen-bond acceptors (Lipinski definition) is 5. The lowest BCUT2D eigenvalue weighted by atomic mass is 10.1. The predicted octanol–water partition coefficient (Wildman–Crippen LogP) is 1.79. The van der Waals surface area contributed by atoms with Gasteiger partial charge in [-0.2, -0.15) is 0 Å². The number of carbonyl (C=O) groups is 1. The molecule has 8 heteroatoms. The van der Waals surface area contributed by atoms with Crippen LogP contribution in [0.2, 0.25) is 0 Å². The topological polar surface area (TPSA) is 92.7 Å². The van der Waals surface area contributed by atoms with Crippen LogP contribution in [0.15, 0.2) is 16.3 Å². The van der Waals surface area contributed by atoms with Crippen molar-refractivity contribution in [2.75, 3.05) is 19.8 Å². The van der Waals surface area contributed by atoms with Gasteiger partial charge in [-0.25, -0.2) is 17.9 Å². The summed E-state index contributed by atoms with van der Waals surface area (Å²) in [6, 6.07) is 1.15. The first kappa shape index (κ1) is 17.1. The number of rotatable bonds is 9. The van der Waals surface area contributed by atoms with Gasteiger partial charge in [0.05, 0.1) is 11.5 Å². The quantitative estimate of drug-likeness (QED) is 0.676. The molecule has 0 aliphatic rings. The Bertz CT molecular complexity index is 536. The maximum absolute atomic E-state index is 11.9. The van der Waals surface area contributed by atoms with Crippen molar-refractivity contribution in [1.29, 1.82) is 0 Å². The maximum atomic E-state index is 11.9. The number of carboxylic acid groups (broad SMARTS) is 1. The average Bonchev–Trinajstić information content (AvgIpc) is 2.83. The minimum atomic E-state index is -3.66. The Morgan fingerprint density at radius 3 is 2.70 bits per heavy atom. The van der Waals surface area contributed by atoms with E-state index in [2.05, 4.69) is 18.6 Å². The molecule has 114 valence electrons. The van der Waals surface area contributed by atoms with Crippen LogP contribution < -0.4 is 4.72 Å². The van der Waals surface area contributed by atoms with Gasteiger partial charge in [0, 0.05) is 18.5 Å². The van der Waals surface area contributed by atoms with Crippen LogP contribution in [0, 0.1) is 5.92 Å². The maximum Gasteiger partial charge on any atom is 0.345 e. The summed E-state index contributed by atoms with van der Waals surface area (Å²) in [6.45, 7) is 5.23. The third-order valence-electron chi connectivity index (χ3n) is 2.47. The molecule has 2 N–H and O–H groups in total. The number of hydrogen-bond donors (Lipinski definition) is 2. The van der Waals surface area contributed by atoms with Crippen LogP contribution in [0.5, 0.6) is 0 Å². The van der Waals surface area contributed by atoms with E-state index in [0.29, 0.717) is 19.1 Å². The van der Waals surface area contributed by atoms with E-state index in [0.717, 1.165) is 23.8 Å². The predicted molar refractivity (Wildman–Crippen MR) is 76.7 cm³/mol. The van der Waals surface area contributed by atoms with Crippen molar-refractivity contribution < 1.29 is 23.1 Å². The molecule has 0 unspecified atom stereocenters. The third kappa shape index (κ3) is 5.58. The molecule has 0 saturated carbocycles. The Labute approximate surface area is 122 Å². The van der Waals surface area contributed by atoms with Crippen molar-refractivity contribution in [3.05, 3.63) is 16.3 Å². The normalized spacial score (nSPS) is 11.9. The molecule has 0 atom stereocenters. The Kier molecular flexibility index (Phi) is 6.60. The molecule has 1 rings (SSSR count). The summed E-state index contributed by atoms with van der Waals surface area (Å²) < 4.78 is 31.4. The highest BCUT2D eigenvalue weighted by Gasteiger charge is 2.17. The molecule has 0 saturated heterocycles. The lowest BCUT2D eigenvalue weighted by Gasteiger charge is -2.07. The molecule has 0 radical (unpaired) electrons. The summed E-state index contributed by atoms with van der Waals surface area (Å²) in [5.74, 6) is -0.583. The fourth-order valence-corrected chi connectivity index (χ4v) is 3.45. The minimum Gasteiger partial charge on any atom is -0.477 e. The van der Waals surface area contributed by atoms with Gasteiger partial charge in [-0.05, 0) is 18.4 Å². The Morgan fingerprint density at radius 1 is 1.45 bits per heavy atom. The van der Waals surface area contributed by atoms with E-state index in [1.165, 1.54) is 5.38 Å². The highest BCUT2D eigenvalue weighted by Crippen LogP contribution is 2.18. The van der Waals surface area contributed by atoms with Crippen LogP contribution in [-0.4, -0.2) is 39.3 Å². The molecule has 0 amide bonds. The van der Waals surface area contributed by atoms with Gasteiger partial charge >= 0.3 is 5.97 Å². The standard InChI is InChI=1S/C12H19NO5S2/c1-9(2)3-5-18-6-4-13-20(16,17)10-7-11(12(14)15)19-8-10/h7-9,13H,3-6H2,1-2H3,(H,14,15). The van der Waals surface area contributed by atoms with E-state index in [1.807, 2.05) is 0 Å². The number of ether oxygens (including phenoxy) is 1. The number of aromatic carboxylic acids is 1. The second-order valence-corrected chi connectivity index (χ2v) is 7.32. The van der Waals surface area contributed by atoms with Gasteiger partial charge < -0.3 is 9.84 Å². The van der Waals surface area contributed by atoms with E-state index < -0.39 is 16.0 Å². The summed E-state index contributed by atoms with van der Waals surface area (Å²) in [4.78, 5) is 10.7. The summed E-state index contributed by atoms with van der Waals surface area (Å²) in [7, 11) is -3.66. The minimum absolute atomic E-state index is 0.00133. The summed E-state index contributed by atoms with van der Waals surface area (Å²) >= 11 is 0.885. The van der Waals surface area contributed by atoms with E-state index in [9.17, 15) is 13.2 Å². The van der Waals surface area contributed by atoms with E-state index in [4.69, 9.17) is 9.84 Å². The molecule has 0 bridgehead atoms. The largest absolute Gasteiger partial charge is 0.477 e. The van der Waals surface area contributed by atoms with Gasteiger partial charge in [-0.3, -0.25) is 0 Å². The molecular formula is C12H19NO5S2. The number of sulfonamides is 1. The molecule has 0 spiro atoms. The molecular weight excluding hydrogens is 302 g/mol. The Morgan fingerprint density at radius 2 is 2.15 bits per heavy atom. The number of thiophene rings is 1. The monoisotopic (exact) mass is 321 g/mol. The third-order valence-corrected chi connectivity index (χ3v) is 4.98. The zero-order valence-electron chi connectivity index (χ0n) is 11.5. The first-order valence-electron chi connectivity index (χ1n) is 6.22. The van der Waals surface area contributed by atoms with Crippen LogP contribution in [0.4, 0.5) is 0 Å². The summed E-state index contributed by atoms with van der Waals surface area (Å²) in [5, 5.41) is 10.1.